The first kappa shape index (κ1) is 17.5. The monoisotopic (exact) mass is 357 g/mol. The Kier molecular flexibility index (Phi) is 5.71. The molecule has 3 rings (SSSR count). The third-order valence-corrected chi connectivity index (χ3v) is 5.29. The zero-order chi connectivity index (χ0) is 17.6. The number of hydrogen-bond donors (Lipinski definition) is 2. The standard InChI is InChI=1S/C19H23N3O2S/c1-14-13-15(18(23)22-10-2-3-11-22)6-7-17(14)21-19(24)20-9-8-16-5-4-12-25-16/h4-7,12-13H,2-3,8-11H2,1H3,(H2,20,21,24). The Labute approximate surface area is 152 Å². The first-order valence-electron chi connectivity index (χ1n) is 8.60. The van der Waals surface area contributed by atoms with Gasteiger partial charge in [0.15, 0.2) is 0 Å². The van der Waals surface area contributed by atoms with E-state index < -0.39 is 0 Å². The average molecular weight is 357 g/mol. The highest BCUT2D eigenvalue weighted by atomic mass is 32.1. The smallest absolute Gasteiger partial charge is 0.319 e. The first-order chi connectivity index (χ1) is 12.1. The highest BCUT2D eigenvalue weighted by Gasteiger charge is 2.19. The van der Waals surface area contributed by atoms with Gasteiger partial charge in [-0.15, -0.1) is 11.3 Å². The molecule has 0 bridgehead atoms. The molecule has 1 aliphatic rings. The molecule has 6 heteroatoms. The number of thiophene rings is 1. The summed E-state index contributed by atoms with van der Waals surface area (Å²) in [7, 11) is 0. The minimum atomic E-state index is -0.224. The fourth-order valence-corrected chi connectivity index (χ4v) is 3.67. The molecule has 0 saturated carbocycles. The van der Waals surface area contributed by atoms with E-state index in [1.807, 2.05) is 29.3 Å². The molecule has 25 heavy (non-hydrogen) atoms. The number of nitrogens with one attached hydrogen (secondary N) is 2. The van der Waals surface area contributed by atoms with Crippen molar-refractivity contribution in [3.05, 3.63) is 51.7 Å². The molecule has 2 heterocycles. The van der Waals surface area contributed by atoms with Crippen molar-refractivity contribution in [1.29, 1.82) is 0 Å². The summed E-state index contributed by atoms with van der Waals surface area (Å²) in [4.78, 5) is 27.6. The molecular weight excluding hydrogens is 334 g/mol. The van der Waals surface area contributed by atoms with Crippen LogP contribution < -0.4 is 10.6 Å². The van der Waals surface area contributed by atoms with Crippen LogP contribution in [0.2, 0.25) is 0 Å². The number of nitrogens with zero attached hydrogens (tertiary/aromatic N) is 1. The van der Waals surface area contributed by atoms with Gasteiger partial charge in [-0.1, -0.05) is 6.07 Å². The molecule has 1 saturated heterocycles. The molecule has 0 radical (unpaired) electrons. The summed E-state index contributed by atoms with van der Waals surface area (Å²) in [6.07, 6.45) is 2.99. The van der Waals surface area contributed by atoms with Crippen molar-refractivity contribution in [1.82, 2.24) is 10.2 Å². The van der Waals surface area contributed by atoms with Crippen LogP contribution in [0.5, 0.6) is 0 Å². The van der Waals surface area contributed by atoms with E-state index in [0.29, 0.717) is 12.1 Å². The molecule has 1 fully saturated rings. The van der Waals surface area contributed by atoms with E-state index >= 15 is 0 Å². The van der Waals surface area contributed by atoms with Gasteiger partial charge in [0.1, 0.15) is 0 Å². The summed E-state index contributed by atoms with van der Waals surface area (Å²) in [6.45, 7) is 4.17. The summed E-state index contributed by atoms with van der Waals surface area (Å²) in [5.74, 6) is 0.0764. The molecule has 1 aromatic carbocycles. The number of amides is 3. The lowest BCUT2D eigenvalue weighted by Crippen LogP contribution is -2.31. The van der Waals surface area contributed by atoms with Crippen LogP contribution in [0.25, 0.3) is 0 Å². The largest absolute Gasteiger partial charge is 0.339 e. The fraction of sp³-hybridized carbons (Fsp3) is 0.368. The predicted molar refractivity (Wildman–Crippen MR) is 101 cm³/mol. The second kappa shape index (κ2) is 8.16. The van der Waals surface area contributed by atoms with Crippen molar-refractivity contribution in [2.45, 2.75) is 26.2 Å². The molecular formula is C19H23N3O2S. The number of hydrogen-bond acceptors (Lipinski definition) is 3. The van der Waals surface area contributed by atoms with E-state index in [9.17, 15) is 9.59 Å². The maximum absolute atomic E-state index is 12.4. The molecule has 3 amide bonds. The second-order valence-corrected chi connectivity index (χ2v) is 7.27. The van der Waals surface area contributed by atoms with E-state index in [0.717, 1.165) is 43.6 Å². The molecule has 1 aliphatic heterocycles. The Morgan fingerprint density at radius 3 is 2.68 bits per heavy atom. The van der Waals surface area contributed by atoms with E-state index in [1.54, 1.807) is 23.5 Å². The van der Waals surface area contributed by atoms with Gasteiger partial charge >= 0.3 is 6.03 Å². The van der Waals surface area contributed by atoms with Crippen LogP contribution in [0.15, 0.2) is 35.7 Å². The van der Waals surface area contributed by atoms with Crippen LogP contribution in [0, 0.1) is 6.92 Å². The molecule has 0 unspecified atom stereocenters. The van der Waals surface area contributed by atoms with Crippen LogP contribution in [-0.4, -0.2) is 36.5 Å². The van der Waals surface area contributed by atoms with Crippen LogP contribution >= 0.6 is 11.3 Å². The number of likely N-dealkylation sites (tertiary alicyclic amines) is 1. The van der Waals surface area contributed by atoms with Crippen molar-refractivity contribution in [2.75, 3.05) is 25.0 Å². The summed E-state index contributed by atoms with van der Waals surface area (Å²) < 4.78 is 0. The number of benzene rings is 1. The first-order valence-corrected chi connectivity index (χ1v) is 9.48. The highest BCUT2D eigenvalue weighted by Crippen LogP contribution is 2.19. The number of aryl methyl sites for hydroxylation is 1. The van der Waals surface area contributed by atoms with Crippen molar-refractivity contribution in [2.24, 2.45) is 0 Å². The van der Waals surface area contributed by atoms with Gasteiger partial charge in [-0.05, 0) is 61.4 Å². The summed E-state index contributed by atoms with van der Waals surface area (Å²) in [5, 5.41) is 7.75. The lowest BCUT2D eigenvalue weighted by atomic mass is 10.1. The highest BCUT2D eigenvalue weighted by molar-refractivity contribution is 7.09. The third kappa shape index (κ3) is 4.60. The molecule has 2 aromatic rings. The minimum Gasteiger partial charge on any atom is -0.339 e. The van der Waals surface area contributed by atoms with Gasteiger partial charge in [0, 0.05) is 35.8 Å². The number of rotatable bonds is 5. The molecule has 1 aromatic heterocycles. The Hall–Kier alpha value is -2.34. The lowest BCUT2D eigenvalue weighted by molar-refractivity contribution is 0.0792. The Morgan fingerprint density at radius 1 is 1.20 bits per heavy atom. The maximum Gasteiger partial charge on any atom is 0.319 e. The topological polar surface area (TPSA) is 61.4 Å². The zero-order valence-corrected chi connectivity index (χ0v) is 15.2. The Bertz CT molecular complexity index is 737. The second-order valence-electron chi connectivity index (χ2n) is 6.24. The van der Waals surface area contributed by atoms with Crippen molar-refractivity contribution < 1.29 is 9.59 Å². The van der Waals surface area contributed by atoms with E-state index in [-0.39, 0.29) is 11.9 Å². The van der Waals surface area contributed by atoms with Gasteiger partial charge in [-0.2, -0.15) is 0 Å². The van der Waals surface area contributed by atoms with Gasteiger partial charge in [-0.25, -0.2) is 4.79 Å². The van der Waals surface area contributed by atoms with E-state index in [4.69, 9.17) is 0 Å². The molecule has 0 aliphatic carbocycles. The lowest BCUT2D eigenvalue weighted by Gasteiger charge is -2.16. The van der Waals surface area contributed by atoms with Crippen molar-refractivity contribution in [3.63, 3.8) is 0 Å². The summed E-state index contributed by atoms with van der Waals surface area (Å²) in [6, 6.07) is 9.28. The third-order valence-electron chi connectivity index (χ3n) is 4.35. The van der Waals surface area contributed by atoms with Gasteiger partial charge in [0.05, 0.1) is 0 Å². The van der Waals surface area contributed by atoms with Gasteiger partial charge in [0.25, 0.3) is 5.91 Å². The summed E-state index contributed by atoms with van der Waals surface area (Å²) in [5.41, 5.74) is 2.30. The quantitative estimate of drug-likeness (QED) is 0.858. The molecule has 5 nitrogen and oxygen atoms in total. The van der Waals surface area contributed by atoms with Gasteiger partial charge in [-0.3, -0.25) is 4.79 Å². The molecule has 2 N–H and O–H groups in total. The van der Waals surface area contributed by atoms with Crippen LogP contribution in [0.1, 0.15) is 33.6 Å². The normalized spacial score (nSPS) is 13.7. The minimum absolute atomic E-state index is 0.0764. The molecule has 132 valence electrons. The number of carbonyl (C=O) groups excluding carboxylic acids is 2. The van der Waals surface area contributed by atoms with Gasteiger partial charge < -0.3 is 15.5 Å². The molecule has 0 spiro atoms. The Balaban J connectivity index is 1.53. The van der Waals surface area contributed by atoms with Crippen LogP contribution in [0.3, 0.4) is 0 Å². The molecule has 0 atom stereocenters. The number of urea groups is 1. The summed E-state index contributed by atoms with van der Waals surface area (Å²) >= 11 is 1.69. The van der Waals surface area contributed by atoms with E-state index in [2.05, 4.69) is 16.7 Å². The van der Waals surface area contributed by atoms with Crippen molar-refractivity contribution >= 4 is 29.0 Å². The van der Waals surface area contributed by atoms with Crippen LogP contribution in [0.4, 0.5) is 10.5 Å². The fourth-order valence-electron chi connectivity index (χ4n) is 2.96. The number of carbonyl (C=O) groups is 2. The maximum atomic E-state index is 12.4. The number of anilines is 1. The zero-order valence-electron chi connectivity index (χ0n) is 14.4. The SMILES string of the molecule is Cc1cc(C(=O)N2CCCC2)ccc1NC(=O)NCCc1cccs1. The van der Waals surface area contributed by atoms with Crippen LogP contribution in [-0.2, 0) is 6.42 Å². The predicted octanol–water partition coefficient (Wildman–Crippen LogP) is 3.66. The van der Waals surface area contributed by atoms with Gasteiger partial charge in [0.2, 0.25) is 0 Å². The Morgan fingerprint density at radius 2 is 2.00 bits per heavy atom. The van der Waals surface area contributed by atoms with E-state index in [1.165, 1.54) is 4.88 Å². The average Bonchev–Trinajstić information content (AvgIpc) is 3.29. The van der Waals surface area contributed by atoms with Crippen molar-refractivity contribution in [3.8, 4) is 0 Å².